The van der Waals surface area contributed by atoms with E-state index in [1.807, 2.05) is 17.9 Å². The lowest BCUT2D eigenvalue weighted by Crippen LogP contribution is -2.42. The monoisotopic (exact) mass is 319 g/mol. The van der Waals surface area contributed by atoms with Gasteiger partial charge in [-0.2, -0.15) is 4.98 Å². The fraction of sp³-hybridized carbons (Fsp3) is 0.562. The van der Waals surface area contributed by atoms with Crippen molar-refractivity contribution in [2.45, 2.75) is 39.0 Å². The van der Waals surface area contributed by atoms with Gasteiger partial charge in [0, 0.05) is 36.7 Å². The summed E-state index contributed by atoms with van der Waals surface area (Å²) in [5.41, 5.74) is 0. The summed E-state index contributed by atoms with van der Waals surface area (Å²) in [6, 6.07) is 4.13. The second kappa shape index (κ2) is 6.60. The molecule has 0 aromatic carbocycles. The molecule has 1 aliphatic heterocycles. The van der Waals surface area contributed by atoms with Gasteiger partial charge in [-0.1, -0.05) is 18.1 Å². The van der Waals surface area contributed by atoms with Crippen LogP contribution in [0.25, 0.3) is 0 Å². The molecule has 1 aliphatic rings. The van der Waals surface area contributed by atoms with Crippen LogP contribution in [-0.4, -0.2) is 34.0 Å². The number of aryl methyl sites for hydroxylation is 1. The molecule has 22 heavy (non-hydrogen) atoms. The number of thiophene rings is 1. The van der Waals surface area contributed by atoms with Crippen molar-refractivity contribution in [3.8, 4) is 0 Å². The lowest BCUT2D eigenvalue weighted by molar-refractivity contribution is -0.136. The molecule has 0 radical (unpaired) electrons. The van der Waals surface area contributed by atoms with E-state index in [0.29, 0.717) is 12.4 Å². The van der Waals surface area contributed by atoms with Crippen LogP contribution in [0.3, 0.4) is 0 Å². The van der Waals surface area contributed by atoms with Crippen molar-refractivity contribution in [1.82, 2.24) is 15.0 Å². The molecule has 2 atom stereocenters. The lowest BCUT2D eigenvalue weighted by atomic mass is 9.95. The molecule has 1 fully saturated rings. The standard InChI is InChI=1S/C16H21N3O2S/c1-11(9-14-6-4-8-22-14)16(20)19-7-3-5-13(10-19)15-17-12(2)21-18-15/h4,6,8,11,13H,3,5,7,9-10H2,1-2H3/t11-,13-/m0/s1. The first-order valence-electron chi connectivity index (χ1n) is 7.75. The fourth-order valence-corrected chi connectivity index (χ4v) is 3.83. The van der Waals surface area contributed by atoms with E-state index in [0.717, 1.165) is 31.6 Å². The smallest absolute Gasteiger partial charge is 0.225 e. The molecule has 118 valence electrons. The van der Waals surface area contributed by atoms with Gasteiger partial charge >= 0.3 is 0 Å². The molecule has 3 rings (SSSR count). The second-order valence-corrected chi connectivity index (χ2v) is 7.01. The summed E-state index contributed by atoms with van der Waals surface area (Å²) < 4.78 is 5.07. The highest BCUT2D eigenvalue weighted by Gasteiger charge is 2.29. The zero-order valence-electron chi connectivity index (χ0n) is 13.0. The number of nitrogens with zero attached hydrogens (tertiary/aromatic N) is 3. The van der Waals surface area contributed by atoms with Gasteiger partial charge in [-0.3, -0.25) is 4.79 Å². The molecule has 3 heterocycles. The SMILES string of the molecule is Cc1nc([C@H]2CCCN(C(=O)[C@@H](C)Cc3cccs3)C2)no1. The third-order valence-electron chi connectivity index (χ3n) is 4.15. The van der Waals surface area contributed by atoms with E-state index >= 15 is 0 Å². The number of carbonyl (C=O) groups is 1. The Morgan fingerprint density at radius 1 is 1.59 bits per heavy atom. The molecule has 2 aromatic rings. The van der Waals surface area contributed by atoms with Gasteiger partial charge in [0.25, 0.3) is 0 Å². The van der Waals surface area contributed by atoms with Crippen molar-refractivity contribution in [3.05, 3.63) is 34.1 Å². The number of piperidine rings is 1. The highest BCUT2D eigenvalue weighted by atomic mass is 32.1. The predicted octanol–water partition coefficient (Wildman–Crippen LogP) is 3.02. The summed E-state index contributed by atoms with van der Waals surface area (Å²) >= 11 is 1.71. The van der Waals surface area contributed by atoms with Crippen LogP contribution in [0.1, 0.15) is 42.3 Å². The maximum Gasteiger partial charge on any atom is 0.225 e. The summed E-state index contributed by atoms with van der Waals surface area (Å²) in [5.74, 6) is 1.78. The average molecular weight is 319 g/mol. The topological polar surface area (TPSA) is 59.2 Å². The third kappa shape index (κ3) is 3.38. The van der Waals surface area contributed by atoms with Crippen LogP contribution in [0.5, 0.6) is 0 Å². The fourth-order valence-electron chi connectivity index (χ4n) is 3.00. The summed E-state index contributed by atoms with van der Waals surface area (Å²) in [6.45, 7) is 5.35. The first-order valence-corrected chi connectivity index (χ1v) is 8.63. The minimum absolute atomic E-state index is 0.0180. The van der Waals surface area contributed by atoms with Crippen LogP contribution in [-0.2, 0) is 11.2 Å². The molecule has 1 saturated heterocycles. The number of hydrogen-bond acceptors (Lipinski definition) is 5. The van der Waals surface area contributed by atoms with E-state index in [1.54, 1.807) is 18.3 Å². The van der Waals surface area contributed by atoms with Gasteiger partial charge < -0.3 is 9.42 Å². The Kier molecular flexibility index (Phi) is 4.57. The summed E-state index contributed by atoms with van der Waals surface area (Å²) in [4.78, 5) is 20.2. The van der Waals surface area contributed by atoms with E-state index in [9.17, 15) is 4.79 Å². The van der Waals surface area contributed by atoms with E-state index < -0.39 is 0 Å². The van der Waals surface area contributed by atoms with Crippen molar-refractivity contribution in [1.29, 1.82) is 0 Å². The van der Waals surface area contributed by atoms with Gasteiger partial charge in [-0.25, -0.2) is 0 Å². The maximum atomic E-state index is 12.7. The average Bonchev–Trinajstić information content (AvgIpc) is 3.18. The predicted molar refractivity (Wildman–Crippen MR) is 84.8 cm³/mol. The maximum absolute atomic E-state index is 12.7. The van der Waals surface area contributed by atoms with Crippen LogP contribution in [0, 0.1) is 12.8 Å². The molecule has 0 N–H and O–H groups in total. The second-order valence-electron chi connectivity index (χ2n) is 5.98. The molecule has 0 aliphatic carbocycles. The lowest BCUT2D eigenvalue weighted by Gasteiger charge is -2.33. The van der Waals surface area contributed by atoms with Crippen LogP contribution in [0.4, 0.5) is 0 Å². The van der Waals surface area contributed by atoms with Crippen LogP contribution in [0.15, 0.2) is 22.0 Å². The Labute approximate surface area is 134 Å². The third-order valence-corrected chi connectivity index (χ3v) is 5.05. The van der Waals surface area contributed by atoms with Gasteiger partial charge in [0.1, 0.15) is 0 Å². The molecule has 6 heteroatoms. The quantitative estimate of drug-likeness (QED) is 0.869. The van der Waals surface area contributed by atoms with E-state index in [2.05, 4.69) is 21.6 Å². The van der Waals surface area contributed by atoms with Crippen molar-refractivity contribution in [3.63, 3.8) is 0 Å². The molecule has 0 unspecified atom stereocenters. The summed E-state index contributed by atoms with van der Waals surface area (Å²) in [6.07, 6.45) is 2.83. The molecular formula is C16H21N3O2S. The molecular weight excluding hydrogens is 298 g/mol. The van der Waals surface area contributed by atoms with E-state index in [4.69, 9.17) is 4.52 Å². The Bertz CT molecular complexity index is 623. The first kappa shape index (κ1) is 15.2. The van der Waals surface area contributed by atoms with Gasteiger partial charge in [0.2, 0.25) is 11.8 Å². The molecule has 2 aromatic heterocycles. The van der Waals surface area contributed by atoms with Crippen molar-refractivity contribution in [2.24, 2.45) is 5.92 Å². The van der Waals surface area contributed by atoms with E-state index in [-0.39, 0.29) is 17.7 Å². The van der Waals surface area contributed by atoms with Crippen molar-refractivity contribution in [2.75, 3.05) is 13.1 Å². The molecule has 0 saturated carbocycles. The van der Waals surface area contributed by atoms with Gasteiger partial charge in [-0.05, 0) is 30.7 Å². The van der Waals surface area contributed by atoms with Crippen LogP contribution in [0.2, 0.25) is 0 Å². The first-order chi connectivity index (χ1) is 10.6. The normalized spacial score (nSPS) is 20.1. The van der Waals surface area contributed by atoms with Gasteiger partial charge in [0.15, 0.2) is 5.82 Å². The number of hydrogen-bond donors (Lipinski definition) is 0. The van der Waals surface area contributed by atoms with Gasteiger partial charge in [-0.15, -0.1) is 11.3 Å². The number of likely N-dealkylation sites (tertiary alicyclic amines) is 1. The Morgan fingerprint density at radius 3 is 3.14 bits per heavy atom. The summed E-state index contributed by atoms with van der Waals surface area (Å²) in [7, 11) is 0. The Balaban J connectivity index is 1.62. The Morgan fingerprint density at radius 2 is 2.45 bits per heavy atom. The minimum atomic E-state index is 0.0180. The van der Waals surface area contributed by atoms with E-state index in [1.165, 1.54) is 4.88 Å². The number of carbonyl (C=O) groups excluding carboxylic acids is 1. The number of amides is 1. The minimum Gasteiger partial charge on any atom is -0.342 e. The van der Waals surface area contributed by atoms with Crippen molar-refractivity contribution >= 4 is 17.2 Å². The van der Waals surface area contributed by atoms with Crippen LogP contribution >= 0.6 is 11.3 Å². The summed E-state index contributed by atoms with van der Waals surface area (Å²) in [5, 5.41) is 6.07. The van der Waals surface area contributed by atoms with Crippen LogP contribution < -0.4 is 0 Å². The number of rotatable bonds is 4. The zero-order chi connectivity index (χ0) is 15.5. The van der Waals surface area contributed by atoms with Crippen molar-refractivity contribution < 1.29 is 9.32 Å². The Hall–Kier alpha value is -1.69. The largest absolute Gasteiger partial charge is 0.342 e. The number of aromatic nitrogens is 2. The van der Waals surface area contributed by atoms with Gasteiger partial charge in [0.05, 0.1) is 0 Å². The molecule has 0 spiro atoms. The highest BCUT2D eigenvalue weighted by Crippen LogP contribution is 2.26. The molecule has 1 amide bonds. The molecule has 5 nitrogen and oxygen atoms in total. The highest BCUT2D eigenvalue weighted by molar-refractivity contribution is 7.09. The molecule has 0 bridgehead atoms. The zero-order valence-corrected chi connectivity index (χ0v) is 13.8.